The molecular weight excluding hydrogens is 236 g/mol. The van der Waals surface area contributed by atoms with E-state index in [1.165, 1.54) is 31.1 Å². The molecule has 0 spiro atoms. The Bertz CT molecular complexity index is 413. The predicted octanol–water partition coefficient (Wildman–Crippen LogP) is 4.08. The smallest absolute Gasteiger partial charge is 0.308 e. The van der Waals surface area contributed by atoms with E-state index >= 15 is 0 Å². The summed E-state index contributed by atoms with van der Waals surface area (Å²) in [6.45, 7) is 4.13. The van der Waals surface area contributed by atoms with Crippen molar-refractivity contribution >= 4 is 5.97 Å². The highest BCUT2D eigenvalue weighted by Crippen LogP contribution is 2.38. The van der Waals surface area contributed by atoms with Crippen molar-refractivity contribution in [3.05, 3.63) is 35.4 Å². The minimum Gasteiger partial charge on any atom is -0.469 e. The van der Waals surface area contributed by atoms with E-state index in [1.807, 2.05) is 6.92 Å². The third-order valence-corrected chi connectivity index (χ3v) is 4.60. The second-order valence-electron chi connectivity index (χ2n) is 5.83. The zero-order valence-electron chi connectivity index (χ0n) is 12.2. The van der Waals surface area contributed by atoms with Crippen molar-refractivity contribution in [2.24, 2.45) is 11.8 Å². The van der Waals surface area contributed by atoms with Crippen LogP contribution in [-0.4, -0.2) is 13.1 Å². The molecule has 2 nitrogen and oxygen atoms in total. The number of carbonyl (C=O) groups is 1. The molecule has 0 heterocycles. The molecule has 2 rings (SSSR count). The maximum Gasteiger partial charge on any atom is 0.308 e. The fraction of sp³-hybridized carbons (Fsp3) is 0.588. The molecule has 1 atom stereocenters. The van der Waals surface area contributed by atoms with Crippen LogP contribution in [0.5, 0.6) is 0 Å². The van der Waals surface area contributed by atoms with Gasteiger partial charge in [-0.15, -0.1) is 0 Å². The Kier molecular flexibility index (Phi) is 4.62. The van der Waals surface area contributed by atoms with Crippen LogP contribution in [0.15, 0.2) is 24.3 Å². The van der Waals surface area contributed by atoms with E-state index < -0.39 is 0 Å². The molecule has 1 fully saturated rings. The van der Waals surface area contributed by atoms with Crippen LogP contribution in [0.2, 0.25) is 0 Å². The summed E-state index contributed by atoms with van der Waals surface area (Å²) in [6.07, 6.45) is 4.65. The number of rotatable bonds is 3. The second kappa shape index (κ2) is 6.23. The van der Waals surface area contributed by atoms with Gasteiger partial charge in [-0.3, -0.25) is 4.79 Å². The molecule has 1 unspecified atom stereocenters. The van der Waals surface area contributed by atoms with Crippen LogP contribution in [0.1, 0.15) is 49.7 Å². The highest BCUT2D eigenvalue weighted by Gasteiger charge is 2.29. The van der Waals surface area contributed by atoms with Gasteiger partial charge in [0.1, 0.15) is 0 Å². The molecule has 1 aliphatic carbocycles. The fourth-order valence-electron chi connectivity index (χ4n) is 3.17. The topological polar surface area (TPSA) is 26.3 Å². The number of aryl methyl sites for hydroxylation is 1. The highest BCUT2D eigenvalue weighted by molar-refractivity contribution is 5.72. The quantitative estimate of drug-likeness (QED) is 0.765. The first kappa shape index (κ1) is 14.1. The standard InChI is InChI=1S/C17H24O2/c1-12-4-6-15(7-5-12)16-10-8-14(9-11-16)13(2)17(18)19-3/h4-7,13-14,16H,8-11H2,1-3H3/t13?,14-,16-. The molecule has 0 radical (unpaired) electrons. The molecule has 19 heavy (non-hydrogen) atoms. The molecule has 0 aromatic heterocycles. The third-order valence-electron chi connectivity index (χ3n) is 4.60. The molecule has 104 valence electrons. The lowest BCUT2D eigenvalue weighted by molar-refractivity contribution is -0.147. The van der Waals surface area contributed by atoms with Crippen LogP contribution in [0.4, 0.5) is 0 Å². The molecule has 0 bridgehead atoms. The predicted molar refractivity (Wildman–Crippen MR) is 77.1 cm³/mol. The Labute approximate surface area is 116 Å². The van der Waals surface area contributed by atoms with Gasteiger partial charge in [-0.05, 0) is 50.0 Å². The number of methoxy groups -OCH3 is 1. The zero-order chi connectivity index (χ0) is 13.8. The summed E-state index contributed by atoms with van der Waals surface area (Å²) in [7, 11) is 1.48. The number of hydrogen-bond acceptors (Lipinski definition) is 2. The lowest BCUT2D eigenvalue weighted by Crippen LogP contribution is -2.26. The summed E-state index contributed by atoms with van der Waals surface area (Å²) in [4.78, 5) is 11.6. The lowest BCUT2D eigenvalue weighted by Gasteiger charge is -2.31. The largest absolute Gasteiger partial charge is 0.469 e. The molecule has 1 aromatic carbocycles. The van der Waals surface area contributed by atoms with Crippen molar-refractivity contribution in [2.45, 2.75) is 45.4 Å². The first-order valence-electron chi connectivity index (χ1n) is 7.26. The Hall–Kier alpha value is -1.31. The average Bonchev–Trinajstić information content (AvgIpc) is 2.46. The van der Waals surface area contributed by atoms with Gasteiger partial charge in [-0.1, -0.05) is 36.8 Å². The van der Waals surface area contributed by atoms with Crippen molar-refractivity contribution < 1.29 is 9.53 Å². The van der Waals surface area contributed by atoms with Gasteiger partial charge in [0.05, 0.1) is 13.0 Å². The maximum absolute atomic E-state index is 11.6. The van der Waals surface area contributed by atoms with Gasteiger partial charge in [-0.25, -0.2) is 0 Å². The summed E-state index contributed by atoms with van der Waals surface area (Å²) in [6, 6.07) is 8.89. The minimum atomic E-state index is -0.0567. The molecule has 0 amide bonds. The van der Waals surface area contributed by atoms with Crippen LogP contribution >= 0.6 is 0 Å². The molecule has 1 aliphatic rings. The molecular formula is C17H24O2. The minimum absolute atomic E-state index is 0.0453. The van der Waals surface area contributed by atoms with Crippen LogP contribution in [-0.2, 0) is 9.53 Å². The van der Waals surface area contributed by atoms with Crippen LogP contribution in [0.3, 0.4) is 0 Å². The monoisotopic (exact) mass is 260 g/mol. The summed E-state index contributed by atoms with van der Waals surface area (Å²) in [5, 5.41) is 0. The number of hydrogen-bond donors (Lipinski definition) is 0. The molecule has 2 heteroatoms. The summed E-state index contributed by atoms with van der Waals surface area (Å²) >= 11 is 0. The van der Waals surface area contributed by atoms with Crippen LogP contribution < -0.4 is 0 Å². The molecule has 1 saturated carbocycles. The maximum atomic E-state index is 11.6. The third kappa shape index (κ3) is 3.37. The van der Waals surface area contributed by atoms with E-state index in [2.05, 4.69) is 31.2 Å². The van der Waals surface area contributed by atoms with Crippen molar-refractivity contribution in [1.29, 1.82) is 0 Å². The Morgan fingerprint density at radius 1 is 1.16 bits per heavy atom. The molecule has 0 saturated heterocycles. The first-order valence-corrected chi connectivity index (χ1v) is 7.26. The SMILES string of the molecule is COC(=O)C(C)[C@H]1CC[C@H](c2ccc(C)cc2)CC1. The van der Waals surface area contributed by atoms with Gasteiger partial charge in [-0.2, -0.15) is 0 Å². The number of ether oxygens (including phenoxy) is 1. The van der Waals surface area contributed by atoms with Gasteiger partial charge in [0.2, 0.25) is 0 Å². The molecule has 1 aromatic rings. The van der Waals surface area contributed by atoms with Crippen molar-refractivity contribution in [3.8, 4) is 0 Å². The van der Waals surface area contributed by atoms with Gasteiger partial charge in [0.25, 0.3) is 0 Å². The summed E-state index contributed by atoms with van der Waals surface area (Å²) in [5.74, 6) is 1.15. The van der Waals surface area contributed by atoms with Crippen molar-refractivity contribution in [2.75, 3.05) is 7.11 Å². The van der Waals surface area contributed by atoms with E-state index in [9.17, 15) is 4.79 Å². The number of benzene rings is 1. The van der Waals surface area contributed by atoms with E-state index in [4.69, 9.17) is 4.74 Å². The Morgan fingerprint density at radius 3 is 2.26 bits per heavy atom. The van der Waals surface area contributed by atoms with E-state index in [0.717, 1.165) is 12.8 Å². The Balaban J connectivity index is 1.92. The second-order valence-corrected chi connectivity index (χ2v) is 5.83. The molecule has 0 N–H and O–H groups in total. The zero-order valence-corrected chi connectivity index (χ0v) is 12.2. The fourth-order valence-corrected chi connectivity index (χ4v) is 3.17. The van der Waals surface area contributed by atoms with E-state index in [1.54, 1.807) is 0 Å². The van der Waals surface area contributed by atoms with Crippen molar-refractivity contribution in [3.63, 3.8) is 0 Å². The van der Waals surface area contributed by atoms with Gasteiger partial charge in [0.15, 0.2) is 0 Å². The number of carbonyl (C=O) groups excluding carboxylic acids is 1. The van der Waals surface area contributed by atoms with Gasteiger partial charge >= 0.3 is 5.97 Å². The van der Waals surface area contributed by atoms with Gasteiger partial charge < -0.3 is 4.74 Å². The van der Waals surface area contributed by atoms with Crippen molar-refractivity contribution in [1.82, 2.24) is 0 Å². The normalized spacial score (nSPS) is 24.8. The van der Waals surface area contributed by atoms with Gasteiger partial charge in [0, 0.05) is 0 Å². The first-order chi connectivity index (χ1) is 9.11. The van der Waals surface area contributed by atoms with E-state index in [0.29, 0.717) is 11.8 Å². The average molecular weight is 260 g/mol. The summed E-state index contributed by atoms with van der Waals surface area (Å²) < 4.78 is 4.85. The summed E-state index contributed by atoms with van der Waals surface area (Å²) in [5.41, 5.74) is 2.77. The highest BCUT2D eigenvalue weighted by atomic mass is 16.5. The van der Waals surface area contributed by atoms with Crippen LogP contribution in [0.25, 0.3) is 0 Å². The Morgan fingerprint density at radius 2 is 1.74 bits per heavy atom. The lowest BCUT2D eigenvalue weighted by atomic mass is 9.74. The van der Waals surface area contributed by atoms with E-state index in [-0.39, 0.29) is 11.9 Å². The number of esters is 1. The molecule has 0 aliphatic heterocycles. The van der Waals surface area contributed by atoms with Crippen LogP contribution in [0, 0.1) is 18.8 Å².